The molecule has 164 valence electrons. The van der Waals surface area contributed by atoms with E-state index in [0.29, 0.717) is 35.1 Å². The van der Waals surface area contributed by atoms with Crippen molar-refractivity contribution in [3.63, 3.8) is 0 Å². The van der Waals surface area contributed by atoms with E-state index in [1.54, 1.807) is 31.4 Å². The molecule has 2 aromatic rings. The lowest BCUT2D eigenvalue weighted by atomic mass is 9.65. The first-order chi connectivity index (χ1) is 14.0. The normalized spacial score (nSPS) is 16.9. The van der Waals surface area contributed by atoms with E-state index in [4.69, 9.17) is 9.47 Å². The number of thiophene rings is 1. The number of carbonyl (C=O) groups is 1. The van der Waals surface area contributed by atoms with Crippen molar-refractivity contribution < 1.29 is 24.5 Å². The average molecular weight is 434 g/mol. The van der Waals surface area contributed by atoms with Gasteiger partial charge in [-0.25, -0.2) is 0 Å². The number of ether oxygens (including phenoxy) is 2. The van der Waals surface area contributed by atoms with E-state index in [-0.39, 0.29) is 16.7 Å². The van der Waals surface area contributed by atoms with Gasteiger partial charge in [-0.1, -0.05) is 27.7 Å². The third-order valence-corrected chi connectivity index (χ3v) is 6.93. The molecular formula is C23H31NO5S. The summed E-state index contributed by atoms with van der Waals surface area (Å²) in [7, 11) is 1.61. The third-order valence-electron chi connectivity index (χ3n) is 5.40. The van der Waals surface area contributed by atoms with Crippen molar-refractivity contribution in [1.29, 1.82) is 0 Å². The quantitative estimate of drug-likeness (QED) is 0.449. The molecule has 1 aromatic carbocycles. The second kappa shape index (κ2) is 8.67. The summed E-state index contributed by atoms with van der Waals surface area (Å²) in [5.41, 5.74) is 1.78. The lowest BCUT2D eigenvalue weighted by Crippen LogP contribution is -2.34. The number of aliphatic hydroxyl groups excluding tert-OH is 1. The molecule has 6 nitrogen and oxygen atoms in total. The number of hydrogen-bond acceptors (Lipinski definition) is 6. The lowest BCUT2D eigenvalue weighted by Gasteiger charge is -2.40. The molecule has 0 aliphatic heterocycles. The summed E-state index contributed by atoms with van der Waals surface area (Å²) in [5.74, 6) is 0.363. The summed E-state index contributed by atoms with van der Waals surface area (Å²) in [4.78, 5) is 13.9. The highest BCUT2D eigenvalue weighted by Gasteiger charge is 2.42. The molecule has 3 rings (SSSR count). The van der Waals surface area contributed by atoms with Gasteiger partial charge in [0.1, 0.15) is 17.4 Å². The van der Waals surface area contributed by atoms with Crippen molar-refractivity contribution in [2.75, 3.05) is 25.6 Å². The first-order valence-electron chi connectivity index (χ1n) is 10.1. The van der Waals surface area contributed by atoms with Gasteiger partial charge >= 0.3 is 0 Å². The van der Waals surface area contributed by atoms with Gasteiger partial charge in [0, 0.05) is 23.1 Å². The Morgan fingerprint density at radius 1 is 1.17 bits per heavy atom. The topological polar surface area (TPSA) is 88.0 Å². The van der Waals surface area contributed by atoms with Crippen LogP contribution in [0.2, 0.25) is 0 Å². The second-order valence-electron chi connectivity index (χ2n) is 9.25. The fraction of sp³-hybridized carbons (Fsp3) is 0.522. The predicted molar refractivity (Wildman–Crippen MR) is 118 cm³/mol. The summed E-state index contributed by atoms with van der Waals surface area (Å²) in [6.07, 6.45) is 0.104. The number of fused-ring (bicyclic) bond motifs is 1. The van der Waals surface area contributed by atoms with Crippen LogP contribution in [-0.2, 0) is 16.6 Å². The Bertz CT molecular complexity index is 899. The highest BCUT2D eigenvalue weighted by molar-refractivity contribution is 7.16. The number of methoxy groups -OCH3 is 1. The molecule has 1 amide bonds. The summed E-state index contributed by atoms with van der Waals surface area (Å²) >= 11 is 1.45. The number of carbonyl (C=O) groups excluding carboxylic acids is 1. The molecule has 1 aliphatic carbocycles. The SMILES string of the molecule is COCCOc1ccc(C(=O)Nc2sc3c(c2C(O)O)CC(C)(C)CC3(C)C)cc1. The molecule has 0 saturated heterocycles. The predicted octanol–water partition coefficient (Wildman–Crippen LogP) is 4.26. The van der Waals surface area contributed by atoms with E-state index in [2.05, 4.69) is 33.0 Å². The van der Waals surface area contributed by atoms with Crippen LogP contribution in [0.3, 0.4) is 0 Å². The minimum Gasteiger partial charge on any atom is -0.491 e. The summed E-state index contributed by atoms with van der Waals surface area (Å²) < 4.78 is 10.5. The summed E-state index contributed by atoms with van der Waals surface area (Å²) in [6, 6.07) is 6.84. The van der Waals surface area contributed by atoms with E-state index in [0.717, 1.165) is 23.3 Å². The molecule has 1 aromatic heterocycles. The van der Waals surface area contributed by atoms with Crippen molar-refractivity contribution in [2.45, 2.75) is 52.2 Å². The molecule has 1 heterocycles. The fourth-order valence-electron chi connectivity index (χ4n) is 4.50. The molecule has 7 heteroatoms. The average Bonchev–Trinajstić information content (AvgIpc) is 2.99. The van der Waals surface area contributed by atoms with E-state index in [1.807, 2.05) is 0 Å². The summed E-state index contributed by atoms with van der Waals surface area (Å²) in [6.45, 7) is 9.65. The number of rotatable bonds is 7. The Hall–Kier alpha value is -1.93. The van der Waals surface area contributed by atoms with Crippen molar-refractivity contribution in [3.05, 3.63) is 45.8 Å². The second-order valence-corrected chi connectivity index (χ2v) is 10.3. The third kappa shape index (κ3) is 4.86. The van der Waals surface area contributed by atoms with Crippen molar-refractivity contribution in [1.82, 2.24) is 0 Å². The van der Waals surface area contributed by atoms with Gasteiger partial charge in [0.2, 0.25) is 0 Å². The van der Waals surface area contributed by atoms with Gasteiger partial charge in [-0.2, -0.15) is 0 Å². The monoisotopic (exact) mass is 433 g/mol. The molecular weight excluding hydrogens is 402 g/mol. The van der Waals surface area contributed by atoms with Crippen LogP contribution >= 0.6 is 11.3 Å². The van der Waals surface area contributed by atoms with Crippen molar-refractivity contribution in [2.24, 2.45) is 5.41 Å². The molecule has 1 aliphatic rings. The van der Waals surface area contributed by atoms with Crippen LogP contribution in [-0.4, -0.2) is 36.4 Å². The Labute approximate surface area is 181 Å². The van der Waals surface area contributed by atoms with E-state index < -0.39 is 6.29 Å². The van der Waals surface area contributed by atoms with E-state index in [9.17, 15) is 15.0 Å². The van der Waals surface area contributed by atoms with Crippen LogP contribution in [0.25, 0.3) is 0 Å². The maximum atomic E-state index is 12.8. The number of aliphatic hydroxyl groups is 2. The van der Waals surface area contributed by atoms with Gasteiger partial charge in [0.25, 0.3) is 5.91 Å². The first-order valence-corrected chi connectivity index (χ1v) is 10.9. The van der Waals surface area contributed by atoms with Gasteiger partial charge in [0.05, 0.1) is 6.61 Å². The minimum absolute atomic E-state index is 0.0428. The highest BCUT2D eigenvalue weighted by atomic mass is 32.1. The Morgan fingerprint density at radius 3 is 2.43 bits per heavy atom. The molecule has 0 unspecified atom stereocenters. The highest BCUT2D eigenvalue weighted by Crippen LogP contribution is 2.53. The van der Waals surface area contributed by atoms with Crippen LogP contribution in [0, 0.1) is 5.41 Å². The zero-order valence-electron chi connectivity index (χ0n) is 18.2. The smallest absolute Gasteiger partial charge is 0.256 e. The van der Waals surface area contributed by atoms with Crippen molar-refractivity contribution >= 4 is 22.2 Å². The standard InChI is InChI=1S/C23H31NO5S/c1-22(2)12-16-17(21(26)27)20(30-18(16)23(3,4)13-22)24-19(25)14-6-8-15(9-7-14)29-11-10-28-5/h6-9,21,26-27H,10-13H2,1-5H3,(H,24,25). The molecule has 0 spiro atoms. The molecule has 0 fully saturated rings. The van der Waals surface area contributed by atoms with Crippen LogP contribution in [0.5, 0.6) is 5.75 Å². The molecule has 0 saturated carbocycles. The maximum absolute atomic E-state index is 12.8. The zero-order chi connectivity index (χ0) is 22.1. The van der Waals surface area contributed by atoms with Gasteiger partial charge in [-0.15, -0.1) is 11.3 Å². The minimum atomic E-state index is -1.64. The summed E-state index contributed by atoms with van der Waals surface area (Å²) in [5, 5.41) is 23.6. The molecule has 0 atom stereocenters. The first kappa shape index (κ1) is 22.7. The molecule has 3 N–H and O–H groups in total. The number of benzene rings is 1. The number of hydrogen-bond donors (Lipinski definition) is 3. The van der Waals surface area contributed by atoms with Crippen LogP contribution < -0.4 is 10.1 Å². The van der Waals surface area contributed by atoms with Gasteiger partial charge in [-0.05, 0) is 53.5 Å². The number of nitrogens with one attached hydrogen (secondary N) is 1. The van der Waals surface area contributed by atoms with Crippen LogP contribution in [0.1, 0.15) is 66.8 Å². The zero-order valence-corrected chi connectivity index (χ0v) is 19.1. The number of amides is 1. The van der Waals surface area contributed by atoms with Gasteiger partial charge in [0.15, 0.2) is 6.29 Å². The Morgan fingerprint density at radius 2 is 1.83 bits per heavy atom. The number of anilines is 1. The van der Waals surface area contributed by atoms with Gasteiger partial charge < -0.3 is 25.0 Å². The fourth-order valence-corrected chi connectivity index (χ4v) is 5.84. The van der Waals surface area contributed by atoms with E-state index >= 15 is 0 Å². The molecule has 0 radical (unpaired) electrons. The van der Waals surface area contributed by atoms with E-state index in [1.165, 1.54) is 11.3 Å². The van der Waals surface area contributed by atoms with Crippen LogP contribution in [0.4, 0.5) is 5.00 Å². The largest absolute Gasteiger partial charge is 0.491 e. The van der Waals surface area contributed by atoms with Crippen LogP contribution in [0.15, 0.2) is 24.3 Å². The Kier molecular flexibility index (Phi) is 6.57. The molecule has 30 heavy (non-hydrogen) atoms. The van der Waals surface area contributed by atoms with Crippen molar-refractivity contribution in [3.8, 4) is 5.75 Å². The maximum Gasteiger partial charge on any atom is 0.256 e. The van der Waals surface area contributed by atoms with Gasteiger partial charge in [-0.3, -0.25) is 4.79 Å². The lowest BCUT2D eigenvalue weighted by molar-refractivity contribution is -0.0427. The Balaban J connectivity index is 1.85. The molecule has 0 bridgehead atoms.